The van der Waals surface area contributed by atoms with Gasteiger partial charge in [0.05, 0.1) is 4.90 Å². The maximum Gasteiger partial charge on any atom is 0.261 e. The van der Waals surface area contributed by atoms with E-state index in [0.29, 0.717) is 35.3 Å². The number of para-hydroxylation sites is 1. The Bertz CT molecular complexity index is 1150. The van der Waals surface area contributed by atoms with Crippen molar-refractivity contribution in [1.29, 1.82) is 0 Å². The highest BCUT2D eigenvalue weighted by Crippen LogP contribution is 2.30. The third-order valence-corrected chi connectivity index (χ3v) is 6.67. The predicted molar refractivity (Wildman–Crippen MR) is 115 cm³/mol. The summed E-state index contributed by atoms with van der Waals surface area (Å²) < 4.78 is 33.9. The van der Waals surface area contributed by atoms with E-state index in [2.05, 4.69) is 10.1 Å². The Kier molecular flexibility index (Phi) is 6.25. The third-order valence-electron chi connectivity index (χ3n) is 4.72. The minimum absolute atomic E-state index is 0.00108. The lowest BCUT2D eigenvalue weighted by Crippen LogP contribution is -2.43. The third kappa shape index (κ3) is 5.06. The Hall–Kier alpha value is -2.89. The molecule has 0 saturated carbocycles. The lowest BCUT2D eigenvalue weighted by atomic mass is 10.2. The Morgan fingerprint density at radius 3 is 2.65 bits per heavy atom. The van der Waals surface area contributed by atoms with Crippen LogP contribution in [0.3, 0.4) is 0 Å². The smallest absolute Gasteiger partial charge is 0.261 e. The molecule has 2 aromatic carbocycles. The van der Waals surface area contributed by atoms with Crippen LogP contribution < -0.4 is 9.88 Å². The number of carbonyl (C=O) groups is 1. The molecule has 162 valence electrons. The first-order valence-electron chi connectivity index (χ1n) is 9.44. The van der Waals surface area contributed by atoms with Gasteiger partial charge in [0, 0.05) is 23.6 Å². The number of benzene rings is 2. The summed E-state index contributed by atoms with van der Waals surface area (Å²) in [4.78, 5) is 18.9. The Morgan fingerprint density at radius 2 is 1.94 bits per heavy atom. The van der Waals surface area contributed by atoms with E-state index in [1.165, 1.54) is 12.1 Å². The fraction of sp³-hybridized carbons (Fsp3) is 0.250. The number of hydrogen-bond donors (Lipinski definition) is 1. The molecule has 1 fully saturated rings. The number of ether oxygens (including phenoxy) is 1. The second kappa shape index (κ2) is 9.08. The standard InChI is InChI=1S/C20H20N4O5S2/c21-31(26,27)16-8-6-14(7-9-16)19-22-20(29-23-19)17-13-30-11-10-24(17)18(25)12-28-15-4-2-1-3-5-15/h1-9,17H,10-13H2,(H2,21,26,27). The summed E-state index contributed by atoms with van der Waals surface area (Å²) in [5.74, 6) is 2.53. The van der Waals surface area contributed by atoms with Crippen molar-refractivity contribution in [3.63, 3.8) is 0 Å². The molecule has 9 nitrogen and oxygen atoms in total. The molecular weight excluding hydrogens is 440 g/mol. The summed E-state index contributed by atoms with van der Waals surface area (Å²) in [5, 5.41) is 9.12. The molecule has 1 aliphatic heterocycles. The van der Waals surface area contributed by atoms with Gasteiger partial charge in [-0.2, -0.15) is 16.7 Å². The molecule has 0 spiro atoms. The Morgan fingerprint density at radius 1 is 1.19 bits per heavy atom. The molecule has 2 N–H and O–H groups in total. The fourth-order valence-corrected chi connectivity index (χ4v) is 4.69. The van der Waals surface area contributed by atoms with E-state index < -0.39 is 10.0 Å². The van der Waals surface area contributed by atoms with Crippen LogP contribution in [0, 0.1) is 0 Å². The monoisotopic (exact) mass is 460 g/mol. The van der Waals surface area contributed by atoms with Gasteiger partial charge in [-0.15, -0.1) is 0 Å². The zero-order valence-electron chi connectivity index (χ0n) is 16.4. The van der Waals surface area contributed by atoms with E-state index >= 15 is 0 Å². The highest BCUT2D eigenvalue weighted by molar-refractivity contribution is 7.99. The molecular formula is C20H20N4O5S2. The fourth-order valence-electron chi connectivity index (χ4n) is 3.13. The lowest BCUT2D eigenvalue weighted by Gasteiger charge is -2.32. The zero-order chi connectivity index (χ0) is 21.8. The van der Waals surface area contributed by atoms with Gasteiger partial charge in [0.1, 0.15) is 11.8 Å². The SMILES string of the molecule is NS(=O)(=O)c1ccc(-c2noc(C3CSCCN3C(=O)COc3ccccc3)n2)cc1. The molecule has 1 aliphatic rings. The molecule has 31 heavy (non-hydrogen) atoms. The molecule has 0 radical (unpaired) electrons. The second-order valence-corrected chi connectivity index (χ2v) is 9.52. The molecule has 3 aromatic rings. The summed E-state index contributed by atoms with van der Waals surface area (Å²) >= 11 is 1.70. The van der Waals surface area contributed by atoms with Gasteiger partial charge in [-0.25, -0.2) is 13.6 Å². The van der Waals surface area contributed by atoms with Crippen molar-refractivity contribution >= 4 is 27.7 Å². The number of nitrogens with two attached hydrogens (primary N) is 1. The topological polar surface area (TPSA) is 129 Å². The number of thioether (sulfide) groups is 1. The summed E-state index contributed by atoms with van der Waals surface area (Å²) in [6.45, 7) is 0.467. The van der Waals surface area contributed by atoms with Gasteiger partial charge >= 0.3 is 0 Å². The molecule has 1 unspecified atom stereocenters. The van der Waals surface area contributed by atoms with Crippen LogP contribution in [0.2, 0.25) is 0 Å². The Labute approximate surface area is 183 Å². The van der Waals surface area contributed by atoms with Gasteiger partial charge in [0.25, 0.3) is 11.8 Å². The maximum absolute atomic E-state index is 12.8. The number of rotatable bonds is 6. The van der Waals surface area contributed by atoms with Crippen molar-refractivity contribution in [1.82, 2.24) is 15.0 Å². The molecule has 1 amide bonds. The molecule has 4 rings (SSSR count). The minimum Gasteiger partial charge on any atom is -0.484 e. The number of amides is 1. The van der Waals surface area contributed by atoms with E-state index in [4.69, 9.17) is 14.4 Å². The van der Waals surface area contributed by atoms with Crippen LogP contribution in [-0.2, 0) is 14.8 Å². The first-order valence-corrected chi connectivity index (χ1v) is 12.1. The highest BCUT2D eigenvalue weighted by atomic mass is 32.2. The molecule has 0 aliphatic carbocycles. The summed E-state index contributed by atoms with van der Waals surface area (Å²) in [7, 11) is -3.78. The Balaban J connectivity index is 1.48. The van der Waals surface area contributed by atoms with Gasteiger partial charge < -0.3 is 14.2 Å². The molecule has 1 aromatic heterocycles. The quantitative estimate of drug-likeness (QED) is 0.592. The number of hydrogen-bond acceptors (Lipinski definition) is 8. The predicted octanol–water partition coefficient (Wildman–Crippen LogP) is 2.08. The van der Waals surface area contributed by atoms with Gasteiger partial charge in [-0.3, -0.25) is 4.79 Å². The van der Waals surface area contributed by atoms with E-state index in [-0.39, 0.29) is 23.5 Å². The lowest BCUT2D eigenvalue weighted by molar-refractivity contribution is -0.135. The van der Waals surface area contributed by atoms with E-state index in [0.717, 1.165) is 5.75 Å². The number of carbonyl (C=O) groups excluding carboxylic acids is 1. The number of nitrogens with zero attached hydrogens (tertiary/aromatic N) is 3. The van der Waals surface area contributed by atoms with E-state index in [1.54, 1.807) is 40.9 Å². The zero-order valence-corrected chi connectivity index (χ0v) is 18.0. The molecule has 1 saturated heterocycles. The van der Waals surface area contributed by atoms with Crippen LogP contribution in [0.15, 0.2) is 64.0 Å². The van der Waals surface area contributed by atoms with Crippen molar-refractivity contribution in [2.45, 2.75) is 10.9 Å². The first kappa shape index (κ1) is 21.3. The van der Waals surface area contributed by atoms with Crippen LogP contribution >= 0.6 is 11.8 Å². The number of aromatic nitrogens is 2. The van der Waals surface area contributed by atoms with E-state index in [1.807, 2.05) is 18.2 Å². The summed E-state index contributed by atoms with van der Waals surface area (Å²) in [6.07, 6.45) is 0. The number of sulfonamides is 1. The van der Waals surface area contributed by atoms with Crippen LogP contribution in [0.4, 0.5) is 0 Å². The van der Waals surface area contributed by atoms with Crippen molar-refractivity contribution in [3.8, 4) is 17.1 Å². The summed E-state index contributed by atoms with van der Waals surface area (Å²) in [6, 6.07) is 14.7. The van der Waals surface area contributed by atoms with Crippen molar-refractivity contribution in [3.05, 3.63) is 60.5 Å². The molecule has 1 atom stereocenters. The number of primary sulfonamides is 1. The van der Waals surface area contributed by atoms with E-state index in [9.17, 15) is 13.2 Å². The van der Waals surface area contributed by atoms with Crippen molar-refractivity contribution in [2.75, 3.05) is 24.7 Å². The molecule has 11 heteroatoms. The van der Waals surface area contributed by atoms with Gasteiger partial charge in [-0.1, -0.05) is 23.4 Å². The largest absolute Gasteiger partial charge is 0.484 e. The molecule has 0 bridgehead atoms. The highest BCUT2D eigenvalue weighted by Gasteiger charge is 2.33. The average Bonchev–Trinajstić information content (AvgIpc) is 3.28. The van der Waals surface area contributed by atoms with Gasteiger partial charge in [-0.05, 0) is 36.4 Å². The molecule has 2 heterocycles. The normalized spacial score (nSPS) is 16.8. The maximum atomic E-state index is 12.8. The first-order chi connectivity index (χ1) is 14.9. The van der Waals surface area contributed by atoms with Crippen LogP contribution in [0.25, 0.3) is 11.4 Å². The summed E-state index contributed by atoms with van der Waals surface area (Å²) in [5.41, 5.74) is 0.580. The van der Waals surface area contributed by atoms with Crippen molar-refractivity contribution < 1.29 is 22.5 Å². The average molecular weight is 461 g/mol. The second-order valence-electron chi connectivity index (χ2n) is 6.81. The minimum atomic E-state index is -3.78. The van der Waals surface area contributed by atoms with Gasteiger partial charge in [0.2, 0.25) is 15.8 Å². The van der Waals surface area contributed by atoms with Gasteiger partial charge in [0.15, 0.2) is 6.61 Å². The van der Waals surface area contributed by atoms with Crippen LogP contribution in [0.5, 0.6) is 5.75 Å². The van der Waals surface area contributed by atoms with Crippen molar-refractivity contribution in [2.24, 2.45) is 5.14 Å². The van der Waals surface area contributed by atoms with Crippen LogP contribution in [0.1, 0.15) is 11.9 Å². The van der Waals surface area contributed by atoms with Crippen LogP contribution in [-0.4, -0.2) is 54.0 Å².